The van der Waals surface area contributed by atoms with Crippen LogP contribution < -0.4 is 10.6 Å². The van der Waals surface area contributed by atoms with Crippen LogP contribution in [0.15, 0.2) is 21.1 Å². The minimum atomic E-state index is -0.0122. The Morgan fingerprint density at radius 1 is 1.31 bits per heavy atom. The van der Waals surface area contributed by atoms with Crippen LogP contribution in [0.1, 0.15) is 12.5 Å². The van der Waals surface area contributed by atoms with Gasteiger partial charge in [-0.25, -0.2) is 0 Å². The Bertz CT molecular complexity index is 371. The normalized spacial score (nSPS) is 10.0. The zero-order chi connectivity index (χ0) is 12.1. The minimum Gasteiger partial charge on any atom is -0.374 e. The number of hydrogen-bond acceptors (Lipinski definition) is 2. The fourth-order valence-corrected chi connectivity index (χ4v) is 2.99. The van der Waals surface area contributed by atoms with Crippen LogP contribution in [0, 0.1) is 6.92 Å². The molecule has 0 unspecified atom stereocenters. The summed E-state index contributed by atoms with van der Waals surface area (Å²) < 4.78 is 1.90. The van der Waals surface area contributed by atoms with E-state index < -0.39 is 0 Å². The second-order valence-electron chi connectivity index (χ2n) is 3.41. The van der Waals surface area contributed by atoms with E-state index in [0.29, 0.717) is 6.54 Å². The number of nitrogens with one attached hydrogen (secondary N) is 2. The number of carbonyl (C=O) groups is 1. The number of benzene rings is 1. The van der Waals surface area contributed by atoms with Crippen molar-refractivity contribution in [2.45, 2.75) is 13.8 Å². The maximum atomic E-state index is 11.3. The predicted molar refractivity (Wildman–Crippen MR) is 73.8 cm³/mol. The Hall–Kier alpha value is -0.550. The quantitative estimate of drug-likeness (QED) is 0.877. The number of anilines is 1. The van der Waals surface area contributed by atoms with E-state index in [9.17, 15) is 4.79 Å². The maximum Gasteiger partial charge on any atom is 0.239 e. The molecule has 0 aliphatic rings. The molecule has 0 spiro atoms. The number of hydrogen-bond donors (Lipinski definition) is 2. The molecule has 1 aromatic rings. The molecule has 2 N–H and O–H groups in total. The van der Waals surface area contributed by atoms with Crippen molar-refractivity contribution < 1.29 is 4.79 Å². The van der Waals surface area contributed by atoms with Gasteiger partial charge in [0.2, 0.25) is 5.91 Å². The summed E-state index contributed by atoms with van der Waals surface area (Å²) >= 11 is 6.93. The van der Waals surface area contributed by atoms with Gasteiger partial charge in [-0.05, 0) is 63.4 Å². The van der Waals surface area contributed by atoms with Gasteiger partial charge in [0.15, 0.2) is 0 Å². The van der Waals surface area contributed by atoms with Gasteiger partial charge in [0.1, 0.15) is 0 Å². The first-order valence-corrected chi connectivity index (χ1v) is 6.59. The molecule has 0 radical (unpaired) electrons. The molecule has 16 heavy (non-hydrogen) atoms. The third kappa shape index (κ3) is 3.79. The summed E-state index contributed by atoms with van der Waals surface area (Å²) in [6, 6.07) is 4.01. The lowest BCUT2D eigenvalue weighted by atomic mass is 10.2. The molecule has 0 fully saturated rings. The molecule has 0 saturated carbocycles. The maximum absolute atomic E-state index is 11.3. The van der Waals surface area contributed by atoms with E-state index >= 15 is 0 Å². The summed E-state index contributed by atoms with van der Waals surface area (Å²) in [6.45, 7) is 4.84. The lowest BCUT2D eigenvalue weighted by Gasteiger charge is -2.11. The molecular weight excluding hydrogens is 336 g/mol. The molecule has 1 amide bonds. The van der Waals surface area contributed by atoms with Crippen LogP contribution in [0.5, 0.6) is 0 Å². The van der Waals surface area contributed by atoms with Crippen LogP contribution >= 0.6 is 31.9 Å². The molecule has 5 heteroatoms. The summed E-state index contributed by atoms with van der Waals surface area (Å²) in [6.07, 6.45) is 0. The van der Waals surface area contributed by atoms with Gasteiger partial charge in [-0.1, -0.05) is 0 Å². The minimum absolute atomic E-state index is 0.0122. The van der Waals surface area contributed by atoms with Gasteiger partial charge < -0.3 is 10.6 Å². The number of aryl methyl sites for hydroxylation is 1. The van der Waals surface area contributed by atoms with Crippen LogP contribution in [0.25, 0.3) is 0 Å². The molecule has 0 atom stereocenters. The molecule has 88 valence electrons. The summed E-state index contributed by atoms with van der Waals surface area (Å²) in [5.41, 5.74) is 2.05. The zero-order valence-electron chi connectivity index (χ0n) is 9.23. The Kier molecular flexibility index (Phi) is 5.28. The highest BCUT2D eigenvalue weighted by atomic mass is 79.9. The average molecular weight is 350 g/mol. The zero-order valence-corrected chi connectivity index (χ0v) is 12.4. The first-order valence-electron chi connectivity index (χ1n) is 5.00. The van der Waals surface area contributed by atoms with E-state index in [-0.39, 0.29) is 12.5 Å². The lowest BCUT2D eigenvalue weighted by Crippen LogP contribution is -2.29. The second-order valence-corrected chi connectivity index (χ2v) is 5.12. The monoisotopic (exact) mass is 348 g/mol. The van der Waals surface area contributed by atoms with Crippen LogP contribution in [0.3, 0.4) is 0 Å². The molecule has 0 aromatic heterocycles. The van der Waals surface area contributed by atoms with Crippen molar-refractivity contribution in [2.24, 2.45) is 0 Å². The van der Waals surface area contributed by atoms with Crippen LogP contribution in [-0.2, 0) is 4.79 Å². The van der Waals surface area contributed by atoms with Crippen molar-refractivity contribution >= 4 is 43.5 Å². The summed E-state index contributed by atoms with van der Waals surface area (Å²) in [5, 5.41) is 5.82. The van der Waals surface area contributed by atoms with Crippen molar-refractivity contribution in [3.63, 3.8) is 0 Å². The fourth-order valence-electron chi connectivity index (χ4n) is 1.30. The third-order valence-corrected chi connectivity index (χ3v) is 3.24. The van der Waals surface area contributed by atoms with Crippen molar-refractivity contribution in [3.8, 4) is 0 Å². The fraction of sp³-hybridized carbons (Fsp3) is 0.364. The highest BCUT2D eigenvalue weighted by Crippen LogP contribution is 2.31. The van der Waals surface area contributed by atoms with E-state index in [1.54, 1.807) is 0 Å². The number of carbonyl (C=O) groups excluding carboxylic acids is 1. The first kappa shape index (κ1) is 13.5. The first-order chi connectivity index (χ1) is 7.54. The Morgan fingerprint density at radius 2 is 1.88 bits per heavy atom. The van der Waals surface area contributed by atoms with Crippen LogP contribution in [0.2, 0.25) is 0 Å². The SMILES string of the molecule is CCNC(=O)CNc1c(Br)cc(C)cc1Br. The summed E-state index contributed by atoms with van der Waals surface area (Å²) in [4.78, 5) is 11.3. The average Bonchev–Trinajstić information content (AvgIpc) is 2.16. The molecule has 0 heterocycles. The Balaban J connectivity index is 2.70. The highest BCUT2D eigenvalue weighted by Gasteiger charge is 2.07. The van der Waals surface area contributed by atoms with E-state index in [1.807, 2.05) is 26.0 Å². The predicted octanol–water partition coefficient (Wildman–Crippen LogP) is 3.07. The van der Waals surface area contributed by atoms with Crippen molar-refractivity contribution in [1.82, 2.24) is 5.32 Å². The standard InChI is InChI=1S/C11H14Br2N2O/c1-3-14-10(16)6-15-11-8(12)4-7(2)5-9(11)13/h4-5,15H,3,6H2,1-2H3,(H,14,16). The third-order valence-electron chi connectivity index (χ3n) is 1.99. The van der Waals surface area contributed by atoms with Gasteiger partial charge >= 0.3 is 0 Å². The largest absolute Gasteiger partial charge is 0.374 e. The van der Waals surface area contributed by atoms with Gasteiger partial charge in [0.05, 0.1) is 12.2 Å². The molecule has 1 aromatic carbocycles. The molecule has 0 aliphatic carbocycles. The smallest absolute Gasteiger partial charge is 0.239 e. The molecule has 0 bridgehead atoms. The molecule has 0 aliphatic heterocycles. The molecule has 0 saturated heterocycles. The Morgan fingerprint density at radius 3 is 2.38 bits per heavy atom. The highest BCUT2D eigenvalue weighted by molar-refractivity contribution is 9.11. The van der Waals surface area contributed by atoms with Gasteiger partial charge in [-0.2, -0.15) is 0 Å². The molecule has 3 nitrogen and oxygen atoms in total. The van der Waals surface area contributed by atoms with Crippen molar-refractivity contribution in [2.75, 3.05) is 18.4 Å². The van der Waals surface area contributed by atoms with E-state index in [0.717, 1.165) is 20.2 Å². The molecular formula is C11H14Br2N2O. The Labute approximate surface area is 112 Å². The van der Waals surface area contributed by atoms with Gasteiger partial charge in [0.25, 0.3) is 0 Å². The number of amides is 1. The number of likely N-dealkylation sites (N-methyl/N-ethyl adjacent to an activating group) is 1. The molecule has 1 rings (SSSR count). The summed E-state index contributed by atoms with van der Waals surface area (Å²) in [5.74, 6) is -0.0122. The van der Waals surface area contributed by atoms with Crippen molar-refractivity contribution in [1.29, 1.82) is 0 Å². The van der Waals surface area contributed by atoms with Crippen molar-refractivity contribution in [3.05, 3.63) is 26.6 Å². The van der Waals surface area contributed by atoms with E-state index in [2.05, 4.69) is 42.5 Å². The number of halogens is 2. The van der Waals surface area contributed by atoms with Crippen LogP contribution in [0.4, 0.5) is 5.69 Å². The number of rotatable bonds is 4. The van der Waals surface area contributed by atoms with E-state index in [4.69, 9.17) is 0 Å². The van der Waals surface area contributed by atoms with Gasteiger partial charge in [-0.3, -0.25) is 4.79 Å². The lowest BCUT2D eigenvalue weighted by molar-refractivity contribution is -0.119. The summed E-state index contributed by atoms with van der Waals surface area (Å²) in [7, 11) is 0. The second kappa shape index (κ2) is 6.25. The van der Waals surface area contributed by atoms with Crippen LogP contribution in [-0.4, -0.2) is 19.0 Å². The van der Waals surface area contributed by atoms with E-state index in [1.165, 1.54) is 0 Å². The van der Waals surface area contributed by atoms with Gasteiger partial charge in [0, 0.05) is 15.5 Å². The topological polar surface area (TPSA) is 41.1 Å². The van der Waals surface area contributed by atoms with Gasteiger partial charge in [-0.15, -0.1) is 0 Å².